The van der Waals surface area contributed by atoms with Crippen LogP contribution in [0.2, 0.25) is 0 Å². The van der Waals surface area contributed by atoms with E-state index in [4.69, 9.17) is 0 Å². The second-order valence-corrected chi connectivity index (χ2v) is 4.88. The highest BCUT2D eigenvalue weighted by molar-refractivity contribution is 5.82. The van der Waals surface area contributed by atoms with Crippen LogP contribution in [0.3, 0.4) is 0 Å². The monoisotopic (exact) mass is 254 g/mol. The van der Waals surface area contributed by atoms with E-state index in [0.29, 0.717) is 0 Å². The predicted octanol–water partition coefficient (Wildman–Crippen LogP) is 3.13. The van der Waals surface area contributed by atoms with Crippen LogP contribution in [0.25, 0.3) is 10.9 Å². The van der Waals surface area contributed by atoms with Crippen LogP contribution >= 0.6 is 0 Å². The Hall–Kier alpha value is -2.23. The normalized spacial score (nSPS) is 11.1. The van der Waals surface area contributed by atoms with Crippen molar-refractivity contribution in [3.05, 3.63) is 47.4 Å². The first kappa shape index (κ1) is 11.8. The molecule has 0 aliphatic rings. The Bertz CT molecular complexity index is 721. The smallest absolute Gasteiger partial charge is 0.0827 e. The lowest BCUT2D eigenvalue weighted by Crippen LogP contribution is -2.02. The molecular weight excluding hydrogens is 236 g/mol. The fourth-order valence-electron chi connectivity index (χ4n) is 2.51. The minimum absolute atomic E-state index is 0.797. The number of para-hydroxylation sites is 1. The zero-order valence-corrected chi connectivity index (χ0v) is 11.5. The number of benzene rings is 1. The van der Waals surface area contributed by atoms with Crippen molar-refractivity contribution < 1.29 is 0 Å². The van der Waals surface area contributed by atoms with Gasteiger partial charge < -0.3 is 10.3 Å². The van der Waals surface area contributed by atoms with E-state index in [9.17, 15) is 0 Å². The minimum atomic E-state index is 0.797. The molecule has 0 unspecified atom stereocenters. The Morgan fingerprint density at radius 3 is 2.84 bits per heavy atom. The van der Waals surface area contributed by atoms with E-state index in [2.05, 4.69) is 46.6 Å². The van der Waals surface area contributed by atoms with Crippen molar-refractivity contribution in [2.24, 2.45) is 7.05 Å². The van der Waals surface area contributed by atoms with Crippen LogP contribution in [0.4, 0.5) is 5.69 Å². The van der Waals surface area contributed by atoms with Gasteiger partial charge in [-0.05, 0) is 30.9 Å². The standard InChI is InChI=1S/C15H18N4/c1-10-14(11(2)19(3)18-10)17-9-13-6-4-5-12-7-8-16-15(12)13/h4-8,16-17H,9H2,1-3H3. The number of aromatic amines is 1. The van der Waals surface area contributed by atoms with E-state index in [1.54, 1.807) is 0 Å². The van der Waals surface area contributed by atoms with Crippen molar-refractivity contribution in [2.75, 3.05) is 5.32 Å². The second kappa shape index (κ2) is 4.46. The predicted molar refractivity (Wildman–Crippen MR) is 78.3 cm³/mol. The molecule has 0 aliphatic heterocycles. The molecule has 0 saturated carbocycles. The van der Waals surface area contributed by atoms with Crippen LogP contribution in [0.5, 0.6) is 0 Å². The first-order valence-corrected chi connectivity index (χ1v) is 6.46. The summed E-state index contributed by atoms with van der Waals surface area (Å²) in [5.41, 5.74) is 5.81. The average molecular weight is 254 g/mol. The molecule has 3 rings (SSSR count). The van der Waals surface area contributed by atoms with Gasteiger partial charge in [0.15, 0.2) is 0 Å². The number of H-pyrrole nitrogens is 1. The molecule has 0 amide bonds. The van der Waals surface area contributed by atoms with Crippen molar-refractivity contribution in [1.29, 1.82) is 0 Å². The molecular formula is C15H18N4. The summed E-state index contributed by atoms with van der Waals surface area (Å²) >= 11 is 0. The van der Waals surface area contributed by atoms with Gasteiger partial charge in [0.25, 0.3) is 0 Å². The number of nitrogens with zero attached hydrogens (tertiary/aromatic N) is 2. The third kappa shape index (κ3) is 1.99. The van der Waals surface area contributed by atoms with Crippen LogP contribution in [0.15, 0.2) is 30.5 Å². The number of aromatic nitrogens is 3. The highest BCUT2D eigenvalue weighted by atomic mass is 15.3. The van der Waals surface area contributed by atoms with Gasteiger partial charge in [0.1, 0.15) is 0 Å². The van der Waals surface area contributed by atoms with Crippen molar-refractivity contribution in [1.82, 2.24) is 14.8 Å². The quantitative estimate of drug-likeness (QED) is 0.754. The van der Waals surface area contributed by atoms with Crippen molar-refractivity contribution in [2.45, 2.75) is 20.4 Å². The molecule has 0 fully saturated rings. The summed E-state index contributed by atoms with van der Waals surface area (Å²) in [6, 6.07) is 8.46. The number of fused-ring (bicyclic) bond motifs is 1. The van der Waals surface area contributed by atoms with Crippen molar-refractivity contribution in [3.8, 4) is 0 Å². The van der Waals surface area contributed by atoms with Gasteiger partial charge in [-0.15, -0.1) is 0 Å². The van der Waals surface area contributed by atoms with Gasteiger partial charge in [-0.1, -0.05) is 18.2 Å². The Labute approximate surface area is 112 Å². The van der Waals surface area contributed by atoms with Crippen LogP contribution in [0.1, 0.15) is 17.0 Å². The topological polar surface area (TPSA) is 45.6 Å². The molecule has 2 heterocycles. The summed E-state index contributed by atoms with van der Waals surface area (Å²) in [5.74, 6) is 0. The van der Waals surface area contributed by atoms with Gasteiger partial charge in [0, 0.05) is 19.8 Å². The molecule has 0 spiro atoms. The zero-order chi connectivity index (χ0) is 13.4. The van der Waals surface area contributed by atoms with Crippen LogP contribution in [-0.2, 0) is 13.6 Å². The number of nitrogens with one attached hydrogen (secondary N) is 2. The highest BCUT2D eigenvalue weighted by Crippen LogP contribution is 2.22. The molecule has 0 radical (unpaired) electrons. The summed E-state index contributed by atoms with van der Waals surface area (Å²) in [5, 5.41) is 9.17. The lowest BCUT2D eigenvalue weighted by Gasteiger charge is -2.08. The summed E-state index contributed by atoms with van der Waals surface area (Å²) in [4.78, 5) is 3.30. The molecule has 98 valence electrons. The molecule has 4 heteroatoms. The van der Waals surface area contributed by atoms with E-state index in [0.717, 1.165) is 23.6 Å². The number of aryl methyl sites for hydroxylation is 2. The lowest BCUT2D eigenvalue weighted by atomic mass is 10.1. The summed E-state index contributed by atoms with van der Waals surface area (Å²) in [6.07, 6.45) is 1.98. The third-order valence-corrected chi connectivity index (χ3v) is 3.64. The average Bonchev–Trinajstić information content (AvgIpc) is 2.95. The van der Waals surface area contributed by atoms with E-state index in [1.165, 1.54) is 16.5 Å². The molecule has 4 nitrogen and oxygen atoms in total. The highest BCUT2D eigenvalue weighted by Gasteiger charge is 2.09. The maximum atomic E-state index is 4.42. The Kier molecular flexibility index (Phi) is 2.78. The number of hydrogen-bond donors (Lipinski definition) is 2. The SMILES string of the molecule is Cc1nn(C)c(C)c1NCc1cccc2cc[nH]c12. The molecule has 0 aliphatic carbocycles. The summed E-state index contributed by atoms with van der Waals surface area (Å²) < 4.78 is 1.91. The Morgan fingerprint density at radius 2 is 2.11 bits per heavy atom. The molecule has 0 saturated heterocycles. The first-order chi connectivity index (χ1) is 9.16. The molecule has 3 aromatic rings. The Balaban J connectivity index is 1.88. The van der Waals surface area contributed by atoms with Crippen LogP contribution in [0, 0.1) is 13.8 Å². The van der Waals surface area contributed by atoms with Gasteiger partial charge in [-0.3, -0.25) is 4.68 Å². The molecule has 19 heavy (non-hydrogen) atoms. The lowest BCUT2D eigenvalue weighted by molar-refractivity contribution is 0.731. The maximum absolute atomic E-state index is 4.42. The first-order valence-electron chi connectivity index (χ1n) is 6.46. The van der Waals surface area contributed by atoms with Gasteiger partial charge in [-0.2, -0.15) is 5.10 Å². The molecule has 0 atom stereocenters. The largest absolute Gasteiger partial charge is 0.378 e. The van der Waals surface area contributed by atoms with E-state index >= 15 is 0 Å². The number of anilines is 1. The third-order valence-electron chi connectivity index (χ3n) is 3.64. The van der Waals surface area contributed by atoms with Crippen molar-refractivity contribution in [3.63, 3.8) is 0 Å². The minimum Gasteiger partial charge on any atom is -0.378 e. The van der Waals surface area contributed by atoms with Crippen LogP contribution < -0.4 is 5.32 Å². The molecule has 0 bridgehead atoms. The molecule has 2 aromatic heterocycles. The van der Waals surface area contributed by atoms with E-state index < -0.39 is 0 Å². The van der Waals surface area contributed by atoms with E-state index in [1.807, 2.05) is 24.9 Å². The summed E-state index contributed by atoms with van der Waals surface area (Å²) in [6.45, 7) is 4.91. The Morgan fingerprint density at radius 1 is 1.26 bits per heavy atom. The second-order valence-electron chi connectivity index (χ2n) is 4.88. The van der Waals surface area contributed by atoms with Crippen LogP contribution in [-0.4, -0.2) is 14.8 Å². The van der Waals surface area contributed by atoms with Gasteiger partial charge >= 0.3 is 0 Å². The molecule has 1 aromatic carbocycles. The van der Waals surface area contributed by atoms with Crippen molar-refractivity contribution >= 4 is 16.6 Å². The van der Waals surface area contributed by atoms with Gasteiger partial charge in [0.05, 0.1) is 22.6 Å². The van der Waals surface area contributed by atoms with Gasteiger partial charge in [-0.25, -0.2) is 0 Å². The number of rotatable bonds is 3. The maximum Gasteiger partial charge on any atom is 0.0827 e. The number of hydrogen-bond acceptors (Lipinski definition) is 2. The molecule has 2 N–H and O–H groups in total. The van der Waals surface area contributed by atoms with Gasteiger partial charge in [0.2, 0.25) is 0 Å². The van der Waals surface area contributed by atoms with E-state index in [-0.39, 0.29) is 0 Å². The fourth-order valence-corrected chi connectivity index (χ4v) is 2.51. The fraction of sp³-hybridized carbons (Fsp3) is 0.267. The zero-order valence-electron chi connectivity index (χ0n) is 11.5. The summed E-state index contributed by atoms with van der Waals surface area (Å²) in [7, 11) is 1.97.